The predicted octanol–water partition coefficient (Wildman–Crippen LogP) is 7.86. The van der Waals surface area contributed by atoms with E-state index in [1.165, 1.54) is 0 Å². The first-order valence-corrected chi connectivity index (χ1v) is 12.2. The average molecular weight is 480 g/mol. The van der Waals surface area contributed by atoms with Crippen LogP contribution in [0.25, 0.3) is 0 Å². The van der Waals surface area contributed by atoms with Crippen molar-refractivity contribution in [3.8, 4) is 0 Å². The first kappa shape index (κ1) is 24.7. The Bertz CT molecular complexity index is 1080. The third-order valence-electron chi connectivity index (χ3n) is 4.94. The summed E-state index contributed by atoms with van der Waals surface area (Å²) in [6, 6.07) is 23.6. The van der Waals surface area contributed by atoms with E-state index < -0.39 is 5.97 Å². The van der Waals surface area contributed by atoms with Crippen molar-refractivity contribution in [2.45, 2.75) is 48.8 Å². The molecule has 3 rings (SSSR count). The van der Waals surface area contributed by atoms with Gasteiger partial charge in [0, 0.05) is 20.4 Å². The molecule has 0 aliphatic carbocycles. The summed E-state index contributed by atoms with van der Waals surface area (Å²) >= 11 is 7.53. The molecule has 0 saturated heterocycles. The highest BCUT2D eigenvalue weighted by molar-refractivity contribution is 7.99. The summed E-state index contributed by atoms with van der Waals surface area (Å²) in [6.07, 6.45) is 4.44. The van der Waals surface area contributed by atoms with Crippen LogP contribution in [-0.2, 0) is 4.84 Å². The lowest BCUT2D eigenvalue weighted by molar-refractivity contribution is 0.0514. The first-order valence-electron chi connectivity index (χ1n) is 11.0. The van der Waals surface area contributed by atoms with Gasteiger partial charge in [-0.15, -0.1) is 0 Å². The Hall–Kier alpha value is -2.89. The van der Waals surface area contributed by atoms with Crippen LogP contribution in [0.1, 0.15) is 59.7 Å². The van der Waals surface area contributed by atoms with E-state index in [2.05, 4.69) is 12.1 Å². The fourth-order valence-electron chi connectivity index (χ4n) is 3.12. The number of nitrogens with zero attached hydrogens (tertiary/aromatic N) is 1. The van der Waals surface area contributed by atoms with Crippen molar-refractivity contribution in [3.63, 3.8) is 0 Å². The van der Waals surface area contributed by atoms with Crippen LogP contribution in [0, 0.1) is 0 Å². The third-order valence-corrected chi connectivity index (χ3v) is 6.21. The van der Waals surface area contributed by atoms with Crippen molar-refractivity contribution >= 4 is 40.8 Å². The number of rotatable bonds is 11. The Morgan fingerprint density at radius 3 is 2.09 bits per heavy atom. The molecule has 3 aromatic carbocycles. The van der Waals surface area contributed by atoms with Gasteiger partial charge in [-0.2, -0.15) is 0 Å². The number of halogens is 1. The van der Waals surface area contributed by atoms with Crippen LogP contribution in [0.5, 0.6) is 0 Å². The minimum absolute atomic E-state index is 0.226. The summed E-state index contributed by atoms with van der Waals surface area (Å²) in [6.45, 7) is 2.13. The SMILES string of the molecule is CCCCCC/C(=N\OC(=O)c1ccccc1)C(=O)c1ccc(Sc2ccc(Cl)cc2)cc1. The zero-order valence-electron chi connectivity index (χ0n) is 18.5. The minimum Gasteiger partial charge on any atom is -0.312 e. The summed E-state index contributed by atoms with van der Waals surface area (Å²) in [5.41, 5.74) is 1.16. The van der Waals surface area contributed by atoms with Gasteiger partial charge in [-0.05, 0) is 73.5 Å². The molecule has 33 heavy (non-hydrogen) atoms. The van der Waals surface area contributed by atoms with Crippen LogP contribution in [-0.4, -0.2) is 17.5 Å². The van der Waals surface area contributed by atoms with E-state index >= 15 is 0 Å². The number of hydrogen-bond acceptors (Lipinski definition) is 5. The summed E-state index contributed by atoms with van der Waals surface area (Å²) in [4.78, 5) is 32.6. The monoisotopic (exact) mass is 479 g/mol. The number of Topliss-reactive ketones (excluding diaryl/α,β-unsaturated/α-hetero) is 1. The molecule has 0 aliphatic rings. The highest BCUT2D eigenvalue weighted by atomic mass is 35.5. The Labute approximate surface area is 204 Å². The summed E-state index contributed by atoms with van der Waals surface area (Å²) in [5, 5.41) is 4.67. The molecule has 0 spiro atoms. The van der Waals surface area contributed by atoms with Gasteiger partial charge in [0.15, 0.2) is 0 Å². The molecule has 0 radical (unpaired) electrons. The van der Waals surface area contributed by atoms with Crippen LogP contribution in [0.2, 0.25) is 5.02 Å². The normalized spacial score (nSPS) is 11.3. The third kappa shape index (κ3) is 7.88. The van der Waals surface area contributed by atoms with E-state index in [1.54, 1.807) is 48.2 Å². The number of unbranched alkanes of at least 4 members (excludes halogenated alkanes) is 3. The molecule has 0 N–H and O–H groups in total. The highest BCUT2D eigenvalue weighted by Gasteiger charge is 2.17. The quantitative estimate of drug-likeness (QED) is 0.0923. The van der Waals surface area contributed by atoms with Crippen molar-refractivity contribution in [1.29, 1.82) is 0 Å². The predicted molar refractivity (Wildman–Crippen MR) is 134 cm³/mol. The summed E-state index contributed by atoms with van der Waals surface area (Å²) in [7, 11) is 0. The first-order chi connectivity index (χ1) is 16.1. The molecule has 6 heteroatoms. The Morgan fingerprint density at radius 1 is 0.818 bits per heavy atom. The molecular formula is C27H26ClNO3S. The average Bonchev–Trinajstić information content (AvgIpc) is 2.85. The largest absolute Gasteiger partial charge is 0.365 e. The van der Waals surface area contributed by atoms with Crippen LogP contribution >= 0.6 is 23.4 Å². The van der Waals surface area contributed by atoms with Crippen molar-refractivity contribution in [3.05, 3.63) is 95.0 Å². The van der Waals surface area contributed by atoms with Gasteiger partial charge in [0.25, 0.3) is 0 Å². The van der Waals surface area contributed by atoms with E-state index in [0.29, 0.717) is 22.6 Å². The van der Waals surface area contributed by atoms with E-state index in [9.17, 15) is 9.59 Å². The number of hydrogen-bond donors (Lipinski definition) is 0. The number of ketones is 1. The molecule has 0 bridgehead atoms. The molecule has 0 saturated carbocycles. The molecule has 0 atom stereocenters. The van der Waals surface area contributed by atoms with E-state index in [1.807, 2.05) is 42.5 Å². The van der Waals surface area contributed by atoms with Crippen molar-refractivity contribution in [2.75, 3.05) is 0 Å². The van der Waals surface area contributed by atoms with E-state index in [0.717, 1.165) is 35.5 Å². The van der Waals surface area contributed by atoms with Crippen LogP contribution in [0.4, 0.5) is 0 Å². The molecular weight excluding hydrogens is 454 g/mol. The zero-order chi connectivity index (χ0) is 23.5. The molecule has 0 aliphatic heterocycles. The van der Waals surface area contributed by atoms with Crippen molar-refractivity contribution < 1.29 is 14.4 Å². The number of benzene rings is 3. The standard InChI is InChI=1S/C27H26ClNO3S/c1-2-3-4-8-11-25(29-32-27(31)21-9-6-5-7-10-21)26(30)20-12-16-23(17-13-20)33-24-18-14-22(28)15-19-24/h5-7,9-10,12-19H,2-4,8,11H2,1H3/b29-25+. The molecule has 0 heterocycles. The summed E-state index contributed by atoms with van der Waals surface area (Å²) < 4.78 is 0. The molecule has 0 aromatic heterocycles. The highest BCUT2D eigenvalue weighted by Crippen LogP contribution is 2.29. The Morgan fingerprint density at radius 2 is 1.45 bits per heavy atom. The van der Waals surface area contributed by atoms with Gasteiger partial charge in [0.2, 0.25) is 5.78 Å². The molecule has 4 nitrogen and oxygen atoms in total. The van der Waals surface area contributed by atoms with Gasteiger partial charge in [-0.1, -0.05) is 72.9 Å². The van der Waals surface area contributed by atoms with Crippen LogP contribution in [0.15, 0.2) is 93.8 Å². The molecule has 0 unspecified atom stereocenters. The molecule has 0 amide bonds. The lowest BCUT2D eigenvalue weighted by Gasteiger charge is -2.07. The second-order valence-corrected chi connectivity index (χ2v) is 9.09. The summed E-state index contributed by atoms with van der Waals surface area (Å²) in [5.74, 6) is -0.806. The number of oxime groups is 1. The van der Waals surface area contributed by atoms with E-state index in [-0.39, 0.29) is 11.5 Å². The zero-order valence-corrected chi connectivity index (χ0v) is 20.1. The maximum Gasteiger partial charge on any atom is 0.365 e. The van der Waals surface area contributed by atoms with Gasteiger partial charge in [0.1, 0.15) is 5.71 Å². The van der Waals surface area contributed by atoms with Crippen LogP contribution in [0.3, 0.4) is 0 Å². The number of carbonyl (C=O) groups excluding carboxylic acids is 2. The van der Waals surface area contributed by atoms with Gasteiger partial charge in [-0.25, -0.2) is 4.79 Å². The van der Waals surface area contributed by atoms with Gasteiger partial charge in [-0.3, -0.25) is 4.79 Å². The van der Waals surface area contributed by atoms with Crippen molar-refractivity contribution in [2.24, 2.45) is 5.16 Å². The second-order valence-electron chi connectivity index (χ2n) is 7.50. The maximum absolute atomic E-state index is 13.1. The van der Waals surface area contributed by atoms with Gasteiger partial charge < -0.3 is 4.84 Å². The van der Waals surface area contributed by atoms with Crippen LogP contribution < -0.4 is 0 Å². The smallest absolute Gasteiger partial charge is 0.312 e. The lowest BCUT2D eigenvalue weighted by Crippen LogP contribution is -2.16. The second kappa shape index (κ2) is 13.0. The van der Waals surface area contributed by atoms with E-state index in [4.69, 9.17) is 16.4 Å². The van der Waals surface area contributed by atoms with Gasteiger partial charge >= 0.3 is 5.97 Å². The number of carbonyl (C=O) groups is 2. The Balaban J connectivity index is 1.71. The lowest BCUT2D eigenvalue weighted by atomic mass is 10.0. The fraction of sp³-hybridized carbons (Fsp3) is 0.222. The molecule has 0 fully saturated rings. The topological polar surface area (TPSA) is 55.7 Å². The Kier molecular flexibility index (Phi) is 9.73. The molecule has 170 valence electrons. The molecule has 3 aromatic rings. The van der Waals surface area contributed by atoms with Gasteiger partial charge in [0.05, 0.1) is 5.56 Å². The minimum atomic E-state index is -0.579. The van der Waals surface area contributed by atoms with Crippen molar-refractivity contribution in [1.82, 2.24) is 0 Å². The fourth-order valence-corrected chi connectivity index (χ4v) is 4.07. The maximum atomic E-state index is 13.1.